The Morgan fingerprint density at radius 3 is 1.13 bits per heavy atom. The smallest absolute Gasteiger partial charge is 0.160 e. The van der Waals surface area contributed by atoms with Crippen LogP contribution in [0, 0.1) is 0 Å². The van der Waals surface area contributed by atoms with E-state index in [0.717, 1.165) is 101 Å². The van der Waals surface area contributed by atoms with E-state index >= 15 is 0 Å². The van der Waals surface area contributed by atoms with Crippen molar-refractivity contribution in [2.75, 3.05) is 9.80 Å². The first-order valence-electron chi connectivity index (χ1n) is 22.8. The predicted molar refractivity (Wildman–Crippen MR) is 281 cm³/mol. The Morgan fingerprint density at radius 1 is 0.239 bits per heavy atom. The molecule has 0 saturated heterocycles. The van der Waals surface area contributed by atoms with Crippen molar-refractivity contribution in [2.24, 2.45) is 0 Å². The van der Waals surface area contributed by atoms with E-state index in [1.807, 2.05) is 0 Å². The summed E-state index contributed by atoms with van der Waals surface area (Å²) in [6, 6.07) is 95.3. The van der Waals surface area contributed by atoms with Gasteiger partial charge in [0.1, 0.15) is 0 Å². The van der Waals surface area contributed by atoms with E-state index in [9.17, 15) is 0 Å². The van der Waals surface area contributed by atoms with Gasteiger partial charge in [0.2, 0.25) is 0 Å². The van der Waals surface area contributed by atoms with Gasteiger partial charge in [-0.05, 0) is 116 Å². The molecule has 1 aliphatic heterocycles. The van der Waals surface area contributed by atoms with Crippen molar-refractivity contribution in [3.8, 4) is 67.1 Å². The summed E-state index contributed by atoms with van der Waals surface area (Å²) in [5.74, 6) is 1.60. The molecule has 12 rings (SSSR count). The Balaban J connectivity index is 1.13. The summed E-state index contributed by atoms with van der Waals surface area (Å²) >= 11 is 0. The van der Waals surface area contributed by atoms with Gasteiger partial charge in [0, 0.05) is 33.7 Å². The second-order valence-corrected chi connectivity index (χ2v) is 16.8. The summed E-state index contributed by atoms with van der Waals surface area (Å²) in [5.41, 5.74) is 17.4. The number of hydrogen-bond acceptors (Lipinski definition) is 3. The van der Waals surface area contributed by atoms with Crippen LogP contribution in [-0.4, -0.2) is 0 Å². The zero-order chi connectivity index (χ0) is 44.5. The zero-order valence-electron chi connectivity index (χ0n) is 36.7. The molecule has 0 unspecified atom stereocenters. The van der Waals surface area contributed by atoms with Gasteiger partial charge in [-0.25, -0.2) is 0 Å². The van der Waals surface area contributed by atoms with E-state index in [1.165, 1.54) is 11.1 Å². The molecule has 1 heterocycles. The molecule has 0 N–H and O–H groups in total. The van der Waals surface area contributed by atoms with E-state index in [1.54, 1.807) is 0 Å². The molecular weight excluding hydrogens is 813 g/mol. The van der Waals surface area contributed by atoms with Crippen molar-refractivity contribution < 1.29 is 4.74 Å². The first-order valence-corrected chi connectivity index (χ1v) is 22.8. The third-order valence-electron chi connectivity index (χ3n) is 12.8. The van der Waals surface area contributed by atoms with Gasteiger partial charge in [-0.15, -0.1) is 0 Å². The van der Waals surface area contributed by atoms with E-state index in [0.29, 0.717) is 0 Å². The quantitative estimate of drug-likeness (QED) is 0.136. The number of ether oxygens (including phenoxy) is 1. The molecule has 67 heavy (non-hydrogen) atoms. The maximum atomic E-state index is 7.59. The van der Waals surface area contributed by atoms with Crippen LogP contribution in [0.4, 0.5) is 34.1 Å². The molecule has 0 bridgehead atoms. The predicted octanol–water partition coefficient (Wildman–Crippen LogP) is 18.2. The Kier molecular flexibility index (Phi) is 10.2. The molecular formula is C64H44N2O. The lowest BCUT2D eigenvalue weighted by Gasteiger charge is -2.34. The van der Waals surface area contributed by atoms with Crippen LogP contribution in [0.15, 0.2) is 267 Å². The lowest BCUT2D eigenvalue weighted by molar-refractivity contribution is 0.489. The van der Waals surface area contributed by atoms with Crippen molar-refractivity contribution in [1.82, 2.24) is 0 Å². The van der Waals surface area contributed by atoms with Crippen LogP contribution in [0.25, 0.3) is 66.4 Å². The van der Waals surface area contributed by atoms with Crippen LogP contribution in [0.1, 0.15) is 0 Å². The lowest BCUT2D eigenvalue weighted by Crippen LogP contribution is -2.15. The van der Waals surface area contributed by atoms with Gasteiger partial charge in [0.25, 0.3) is 0 Å². The summed E-state index contributed by atoms with van der Waals surface area (Å²) in [4.78, 5) is 4.70. The summed E-state index contributed by atoms with van der Waals surface area (Å²) in [6.07, 6.45) is 0. The Labute approximate surface area is 391 Å². The van der Waals surface area contributed by atoms with Crippen LogP contribution in [0.2, 0.25) is 0 Å². The minimum Gasteiger partial charge on any atom is -0.452 e. The molecule has 0 fully saturated rings. The normalized spacial score (nSPS) is 11.4. The summed E-state index contributed by atoms with van der Waals surface area (Å²) in [5, 5.41) is 2.19. The highest BCUT2D eigenvalue weighted by Gasteiger charge is 2.31. The number of anilines is 6. The zero-order valence-corrected chi connectivity index (χ0v) is 36.7. The number of hydrogen-bond donors (Lipinski definition) is 0. The average molecular weight is 857 g/mol. The fraction of sp³-hybridized carbons (Fsp3) is 0. The van der Waals surface area contributed by atoms with Gasteiger partial charge in [0.15, 0.2) is 11.5 Å². The summed E-state index contributed by atoms with van der Waals surface area (Å²) in [6.45, 7) is 0. The summed E-state index contributed by atoms with van der Waals surface area (Å²) < 4.78 is 7.59. The number of nitrogens with zero attached hydrogens (tertiary/aromatic N) is 2. The minimum atomic E-state index is 0.802. The van der Waals surface area contributed by atoms with E-state index < -0.39 is 0 Å². The van der Waals surface area contributed by atoms with E-state index in [4.69, 9.17) is 4.74 Å². The van der Waals surface area contributed by atoms with E-state index in [-0.39, 0.29) is 0 Å². The van der Waals surface area contributed by atoms with Crippen molar-refractivity contribution >= 4 is 44.9 Å². The van der Waals surface area contributed by atoms with Gasteiger partial charge in [0.05, 0.1) is 11.4 Å². The molecule has 3 nitrogen and oxygen atoms in total. The maximum absolute atomic E-state index is 7.59. The van der Waals surface area contributed by atoms with Crippen molar-refractivity contribution in [2.45, 2.75) is 0 Å². The number of rotatable bonds is 10. The van der Waals surface area contributed by atoms with Gasteiger partial charge < -0.3 is 14.5 Å². The number of benzene rings is 11. The molecule has 11 aromatic carbocycles. The highest BCUT2D eigenvalue weighted by molar-refractivity contribution is 6.10. The maximum Gasteiger partial charge on any atom is 0.160 e. The van der Waals surface area contributed by atoms with Gasteiger partial charge >= 0.3 is 0 Å². The van der Waals surface area contributed by atoms with Crippen molar-refractivity contribution in [3.05, 3.63) is 267 Å². The van der Waals surface area contributed by atoms with Crippen LogP contribution >= 0.6 is 0 Å². The fourth-order valence-corrected chi connectivity index (χ4v) is 9.76. The topological polar surface area (TPSA) is 15.7 Å². The van der Waals surface area contributed by atoms with Crippen molar-refractivity contribution in [1.29, 1.82) is 0 Å². The largest absolute Gasteiger partial charge is 0.452 e. The van der Waals surface area contributed by atoms with Crippen LogP contribution in [-0.2, 0) is 0 Å². The third-order valence-corrected chi connectivity index (χ3v) is 12.8. The molecule has 0 aromatic heterocycles. The Morgan fingerprint density at radius 2 is 0.642 bits per heavy atom. The molecule has 316 valence electrons. The van der Waals surface area contributed by atoms with Crippen LogP contribution in [0.3, 0.4) is 0 Å². The summed E-state index contributed by atoms with van der Waals surface area (Å²) in [7, 11) is 0. The molecule has 0 atom stereocenters. The SMILES string of the molecule is c1ccc(-c2ccc(N(c3ccc(-c4ccccc4)c(-c4ccccc4)c3)c3ccc4cccc5c4c3Oc3c-5cccc3N(c3ccccc3)c3ccccc3)cc2-c2ccccc2)cc1. The Bertz CT molecular complexity index is 3360. The van der Waals surface area contributed by atoms with Crippen LogP contribution < -0.4 is 14.5 Å². The van der Waals surface area contributed by atoms with Gasteiger partial charge in [-0.1, -0.05) is 206 Å². The van der Waals surface area contributed by atoms with Gasteiger partial charge in [-0.3, -0.25) is 0 Å². The minimum absolute atomic E-state index is 0.802. The van der Waals surface area contributed by atoms with Crippen molar-refractivity contribution in [3.63, 3.8) is 0 Å². The number of fused-ring (bicyclic) bond motifs is 2. The van der Waals surface area contributed by atoms with E-state index in [2.05, 4.69) is 277 Å². The molecule has 3 heteroatoms. The highest BCUT2D eigenvalue weighted by Crippen LogP contribution is 2.57. The molecule has 1 aliphatic rings. The fourth-order valence-electron chi connectivity index (χ4n) is 9.76. The second kappa shape index (κ2) is 17.2. The van der Waals surface area contributed by atoms with Gasteiger partial charge in [-0.2, -0.15) is 0 Å². The first-order chi connectivity index (χ1) is 33.3. The van der Waals surface area contributed by atoms with Crippen LogP contribution in [0.5, 0.6) is 11.5 Å². The first kappa shape index (κ1) is 39.7. The second-order valence-electron chi connectivity index (χ2n) is 16.8. The number of para-hydroxylation sites is 3. The molecule has 0 aliphatic carbocycles. The molecule has 11 aromatic rings. The third kappa shape index (κ3) is 7.29. The highest BCUT2D eigenvalue weighted by atomic mass is 16.5. The molecule has 0 radical (unpaired) electrons. The average Bonchev–Trinajstić information content (AvgIpc) is 3.41. The Hall–Kier alpha value is -8.92. The molecule has 0 spiro atoms. The molecule has 0 saturated carbocycles. The standard InChI is InChI=1S/C64H44N2O/c1-7-21-45(22-8-1)54-40-38-52(43-58(54)47-25-11-3-12-26-47)66(53-39-41-55(46-23-9-2-10-24-46)59(44-53)48-27-13-4-14-28-48)61-42-37-49-29-19-34-56-57-35-20-36-60(63(57)67-64(61)62(49)56)65(50-30-15-5-16-31-50)51-32-17-6-18-33-51/h1-44H. The molecule has 0 amide bonds. The lowest BCUT2D eigenvalue weighted by atomic mass is 9.91. The monoisotopic (exact) mass is 856 g/mol.